The number of aromatic hydroxyl groups is 1. The van der Waals surface area contributed by atoms with Gasteiger partial charge in [0, 0.05) is 6.42 Å². The van der Waals surface area contributed by atoms with Crippen molar-refractivity contribution in [2.24, 2.45) is 0 Å². The topological polar surface area (TPSA) is 57.5 Å². The highest BCUT2D eigenvalue weighted by molar-refractivity contribution is 5.76. The van der Waals surface area contributed by atoms with Crippen LogP contribution in [0.1, 0.15) is 17.5 Å². The predicted octanol–water partition coefficient (Wildman–Crippen LogP) is 5.05. The monoisotopic (exact) mass is 332 g/mol. The van der Waals surface area contributed by atoms with Crippen LogP contribution in [-0.2, 0) is 11.2 Å². The predicted molar refractivity (Wildman–Crippen MR) is 99.7 cm³/mol. The number of hydrogen-bond donors (Lipinski definition) is 2. The zero-order valence-electron chi connectivity index (χ0n) is 14.1. The first kappa shape index (κ1) is 16.8. The molecular formula is C22H20O3. The van der Waals surface area contributed by atoms with Crippen molar-refractivity contribution in [3.8, 4) is 28.0 Å². The fourth-order valence-electron chi connectivity index (χ4n) is 3.08. The molecule has 25 heavy (non-hydrogen) atoms. The van der Waals surface area contributed by atoms with Crippen LogP contribution in [0.2, 0.25) is 0 Å². The molecule has 0 heterocycles. The lowest BCUT2D eigenvalue weighted by atomic mass is 9.92. The minimum absolute atomic E-state index is 0.0392. The van der Waals surface area contributed by atoms with E-state index in [9.17, 15) is 9.90 Å². The van der Waals surface area contributed by atoms with Gasteiger partial charge in [0.25, 0.3) is 0 Å². The van der Waals surface area contributed by atoms with Crippen molar-refractivity contribution < 1.29 is 15.0 Å². The Morgan fingerprint density at radius 2 is 1.60 bits per heavy atom. The van der Waals surface area contributed by atoms with E-state index in [1.807, 2.05) is 30.3 Å². The second kappa shape index (κ2) is 7.22. The van der Waals surface area contributed by atoms with Crippen LogP contribution in [0, 0.1) is 6.92 Å². The second-order valence-corrected chi connectivity index (χ2v) is 6.13. The standard InChI is InChI=1S/C22H20O3/c1-15-13-17(7-10-20(15)16-5-3-2-4-6-16)21-11-9-19(23)14-18(21)8-12-22(24)25/h2-7,9-11,13-14,23H,8,12H2,1H3,(H,24,25). The third-order valence-corrected chi connectivity index (χ3v) is 4.32. The molecule has 0 aliphatic rings. The van der Waals surface area contributed by atoms with Gasteiger partial charge in [0.15, 0.2) is 0 Å². The Bertz CT molecular complexity index is 898. The van der Waals surface area contributed by atoms with Crippen molar-refractivity contribution in [3.63, 3.8) is 0 Å². The quantitative estimate of drug-likeness (QED) is 0.687. The van der Waals surface area contributed by atoms with Crippen molar-refractivity contribution in [1.29, 1.82) is 0 Å². The zero-order chi connectivity index (χ0) is 17.8. The molecule has 3 aromatic carbocycles. The minimum atomic E-state index is -0.843. The van der Waals surface area contributed by atoms with Crippen molar-refractivity contribution in [1.82, 2.24) is 0 Å². The molecule has 2 N–H and O–H groups in total. The molecule has 0 unspecified atom stereocenters. The maximum atomic E-state index is 10.9. The van der Waals surface area contributed by atoms with Gasteiger partial charge >= 0.3 is 5.97 Å². The van der Waals surface area contributed by atoms with E-state index in [1.165, 1.54) is 11.1 Å². The van der Waals surface area contributed by atoms with Crippen molar-refractivity contribution in [2.45, 2.75) is 19.8 Å². The van der Waals surface area contributed by atoms with E-state index in [0.29, 0.717) is 6.42 Å². The van der Waals surface area contributed by atoms with E-state index >= 15 is 0 Å². The maximum absolute atomic E-state index is 10.9. The van der Waals surface area contributed by atoms with Gasteiger partial charge in [-0.15, -0.1) is 0 Å². The summed E-state index contributed by atoms with van der Waals surface area (Å²) in [5.74, 6) is -0.688. The molecule has 0 radical (unpaired) electrons. The molecule has 0 bridgehead atoms. The van der Waals surface area contributed by atoms with E-state index in [2.05, 4.69) is 31.2 Å². The summed E-state index contributed by atoms with van der Waals surface area (Å²) >= 11 is 0. The van der Waals surface area contributed by atoms with Crippen LogP contribution in [0.15, 0.2) is 66.7 Å². The number of rotatable bonds is 5. The number of phenolic OH excluding ortho intramolecular Hbond substituents is 1. The summed E-state index contributed by atoms with van der Waals surface area (Å²) in [5, 5.41) is 18.7. The Balaban J connectivity index is 2.00. The third kappa shape index (κ3) is 3.89. The van der Waals surface area contributed by atoms with Gasteiger partial charge in [0.2, 0.25) is 0 Å². The van der Waals surface area contributed by atoms with Crippen molar-refractivity contribution in [3.05, 3.63) is 77.9 Å². The van der Waals surface area contributed by atoms with E-state index in [-0.39, 0.29) is 12.2 Å². The molecule has 0 saturated carbocycles. The van der Waals surface area contributed by atoms with E-state index in [1.54, 1.807) is 12.1 Å². The van der Waals surface area contributed by atoms with Gasteiger partial charge < -0.3 is 10.2 Å². The lowest BCUT2D eigenvalue weighted by Crippen LogP contribution is -1.99. The number of carboxylic acids is 1. The van der Waals surface area contributed by atoms with Crippen LogP contribution in [0.25, 0.3) is 22.3 Å². The average Bonchev–Trinajstić information content (AvgIpc) is 2.60. The molecule has 0 aliphatic heterocycles. The van der Waals surface area contributed by atoms with E-state index in [4.69, 9.17) is 5.11 Å². The largest absolute Gasteiger partial charge is 0.508 e. The Labute approximate surface area is 147 Å². The fraction of sp³-hybridized carbons (Fsp3) is 0.136. The number of hydrogen-bond acceptors (Lipinski definition) is 2. The van der Waals surface area contributed by atoms with Gasteiger partial charge in [-0.1, -0.05) is 54.6 Å². The number of benzene rings is 3. The molecule has 0 amide bonds. The average molecular weight is 332 g/mol. The third-order valence-electron chi connectivity index (χ3n) is 4.32. The highest BCUT2D eigenvalue weighted by Crippen LogP contribution is 2.32. The molecule has 0 spiro atoms. The first-order valence-corrected chi connectivity index (χ1v) is 8.25. The number of carbonyl (C=O) groups is 1. The van der Waals surface area contributed by atoms with Gasteiger partial charge in [-0.3, -0.25) is 4.79 Å². The van der Waals surface area contributed by atoms with Crippen LogP contribution in [0.5, 0.6) is 5.75 Å². The first-order chi connectivity index (χ1) is 12.0. The molecule has 3 nitrogen and oxygen atoms in total. The number of phenols is 1. The van der Waals surface area contributed by atoms with Gasteiger partial charge in [-0.05, 0) is 58.9 Å². The summed E-state index contributed by atoms with van der Waals surface area (Å²) in [5.41, 5.74) is 6.33. The van der Waals surface area contributed by atoms with E-state index in [0.717, 1.165) is 22.3 Å². The van der Waals surface area contributed by atoms with E-state index < -0.39 is 5.97 Å². The summed E-state index contributed by atoms with van der Waals surface area (Å²) in [6.07, 6.45) is 0.427. The molecule has 0 aromatic heterocycles. The van der Waals surface area contributed by atoms with Crippen molar-refractivity contribution in [2.75, 3.05) is 0 Å². The normalized spacial score (nSPS) is 10.6. The molecule has 3 heteroatoms. The first-order valence-electron chi connectivity index (χ1n) is 8.25. The van der Waals surface area contributed by atoms with Crippen LogP contribution in [0.4, 0.5) is 0 Å². The van der Waals surface area contributed by atoms with Gasteiger partial charge in [-0.25, -0.2) is 0 Å². The zero-order valence-corrected chi connectivity index (χ0v) is 14.1. The van der Waals surface area contributed by atoms with Gasteiger partial charge in [-0.2, -0.15) is 0 Å². The number of aliphatic carboxylic acids is 1. The fourth-order valence-corrected chi connectivity index (χ4v) is 3.08. The summed E-state index contributed by atoms with van der Waals surface area (Å²) < 4.78 is 0. The summed E-state index contributed by atoms with van der Waals surface area (Å²) in [4.78, 5) is 10.9. The lowest BCUT2D eigenvalue weighted by molar-refractivity contribution is -0.136. The lowest BCUT2D eigenvalue weighted by Gasteiger charge is -2.13. The Kier molecular flexibility index (Phi) is 4.85. The smallest absolute Gasteiger partial charge is 0.303 e. The van der Waals surface area contributed by atoms with Crippen LogP contribution in [0.3, 0.4) is 0 Å². The van der Waals surface area contributed by atoms with Crippen molar-refractivity contribution >= 4 is 5.97 Å². The summed E-state index contributed by atoms with van der Waals surface area (Å²) in [7, 11) is 0. The highest BCUT2D eigenvalue weighted by atomic mass is 16.4. The number of carboxylic acid groups (broad SMARTS) is 1. The molecule has 0 saturated heterocycles. The van der Waals surface area contributed by atoms with Crippen LogP contribution < -0.4 is 0 Å². The molecular weight excluding hydrogens is 312 g/mol. The minimum Gasteiger partial charge on any atom is -0.508 e. The summed E-state index contributed by atoms with van der Waals surface area (Å²) in [6.45, 7) is 2.07. The molecule has 3 aromatic rings. The summed E-state index contributed by atoms with van der Waals surface area (Å²) in [6, 6.07) is 21.6. The molecule has 0 atom stereocenters. The molecule has 0 aliphatic carbocycles. The van der Waals surface area contributed by atoms with Crippen LogP contribution in [-0.4, -0.2) is 16.2 Å². The molecule has 3 rings (SSSR count). The Morgan fingerprint density at radius 1 is 0.880 bits per heavy atom. The maximum Gasteiger partial charge on any atom is 0.303 e. The highest BCUT2D eigenvalue weighted by Gasteiger charge is 2.10. The van der Waals surface area contributed by atoms with Gasteiger partial charge in [0.05, 0.1) is 0 Å². The number of aryl methyl sites for hydroxylation is 2. The molecule has 0 fully saturated rings. The SMILES string of the molecule is Cc1cc(-c2ccc(O)cc2CCC(=O)O)ccc1-c1ccccc1. The van der Waals surface area contributed by atoms with Gasteiger partial charge in [0.1, 0.15) is 5.75 Å². The Hall–Kier alpha value is -3.07. The van der Waals surface area contributed by atoms with Crippen LogP contribution >= 0.6 is 0 Å². The second-order valence-electron chi connectivity index (χ2n) is 6.13. The molecule has 126 valence electrons. The Morgan fingerprint density at radius 3 is 2.28 bits per heavy atom.